The van der Waals surface area contributed by atoms with Gasteiger partial charge in [0, 0.05) is 23.5 Å². The number of amides is 1. The number of methoxy groups -OCH3 is 1. The first kappa shape index (κ1) is 20.3. The first-order valence-corrected chi connectivity index (χ1v) is 10.4. The van der Waals surface area contributed by atoms with E-state index >= 15 is 0 Å². The van der Waals surface area contributed by atoms with Gasteiger partial charge in [0.2, 0.25) is 5.91 Å². The zero-order chi connectivity index (χ0) is 21.3. The van der Waals surface area contributed by atoms with Crippen molar-refractivity contribution in [3.05, 3.63) is 53.6 Å². The Hall–Kier alpha value is -3.02. The standard InChI is InChI=1S/C24H27NO5/c1-4-5-13-29-16-11-9-15(10-12-16)21(26)20-18-14-24(2,25-23(20)27)30-22-17(18)7-6-8-19(22)28-3/h6-12,18,20H,4-5,13-14H2,1-3H3,(H,25,27)/t18-,20+,24+/m0/s1. The van der Waals surface area contributed by atoms with E-state index in [9.17, 15) is 9.59 Å². The molecule has 6 heteroatoms. The Bertz CT molecular complexity index is 955. The van der Waals surface area contributed by atoms with Crippen molar-refractivity contribution in [2.45, 2.75) is 44.8 Å². The number of ketones is 1. The molecule has 0 aliphatic carbocycles. The Morgan fingerprint density at radius 3 is 2.70 bits per heavy atom. The summed E-state index contributed by atoms with van der Waals surface area (Å²) >= 11 is 0. The lowest BCUT2D eigenvalue weighted by molar-refractivity contribution is -0.137. The Balaban J connectivity index is 1.63. The molecule has 1 N–H and O–H groups in total. The topological polar surface area (TPSA) is 73.9 Å². The van der Waals surface area contributed by atoms with Crippen LogP contribution in [0.2, 0.25) is 0 Å². The maximum Gasteiger partial charge on any atom is 0.234 e. The summed E-state index contributed by atoms with van der Waals surface area (Å²) < 4.78 is 17.2. The first-order valence-electron chi connectivity index (χ1n) is 10.4. The number of nitrogens with one attached hydrogen (secondary N) is 1. The van der Waals surface area contributed by atoms with E-state index in [0.29, 0.717) is 30.1 Å². The third kappa shape index (κ3) is 3.62. The van der Waals surface area contributed by atoms with Crippen LogP contribution in [0.15, 0.2) is 42.5 Å². The highest BCUT2D eigenvalue weighted by Gasteiger charge is 2.52. The van der Waals surface area contributed by atoms with Crippen LogP contribution in [0, 0.1) is 5.92 Å². The van der Waals surface area contributed by atoms with Gasteiger partial charge in [-0.3, -0.25) is 9.59 Å². The number of piperidine rings is 1. The molecule has 2 heterocycles. The van der Waals surface area contributed by atoms with Crippen LogP contribution in [-0.2, 0) is 4.79 Å². The van der Waals surface area contributed by atoms with Gasteiger partial charge in [-0.1, -0.05) is 25.5 Å². The van der Waals surface area contributed by atoms with E-state index in [1.807, 2.05) is 25.1 Å². The minimum atomic E-state index is -0.864. The van der Waals surface area contributed by atoms with Gasteiger partial charge in [0.25, 0.3) is 0 Å². The largest absolute Gasteiger partial charge is 0.494 e. The van der Waals surface area contributed by atoms with Gasteiger partial charge < -0.3 is 19.5 Å². The van der Waals surface area contributed by atoms with Crippen molar-refractivity contribution in [2.75, 3.05) is 13.7 Å². The molecule has 1 saturated heterocycles. The van der Waals surface area contributed by atoms with Crippen molar-refractivity contribution in [1.82, 2.24) is 5.32 Å². The van der Waals surface area contributed by atoms with Gasteiger partial charge in [-0.05, 0) is 43.7 Å². The number of Topliss-reactive ketones (excluding diaryl/α,β-unsaturated/α-hetero) is 1. The molecule has 1 amide bonds. The van der Waals surface area contributed by atoms with E-state index in [-0.39, 0.29) is 17.6 Å². The molecule has 0 spiro atoms. The lowest BCUT2D eigenvalue weighted by Gasteiger charge is -2.47. The number of hydrogen-bond donors (Lipinski definition) is 1. The lowest BCUT2D eigenvalue weighted by Crippen LogP contribution is -2.61. The molecule has 0 unspecified atom stereocenters. The smallest absolute Gasteiger partial charge is 0.234 e. The van der Waals surface area contributed by atoms with Gasteiger partial charge in [0.05, 0.1) is 13.7 Å². The highest BCUT2D eigenvalue weighted by Crippen LogP contribution is 2.50. The maximum absolute atomic E-state index is 13.4. The van der Waals surface area contributed by atoms with Crippen molar-refractivity contribution in [1.29, 1.82) is 0 Å². The van der Waals surface area contributed by atoms with Crippen molar-refractivity contribution in [3.8, 4) is 17.2 Å². The first-order chi connectivity index (χ1) is 14.5. The summed E-state index contributed by atoms with van der Waals surface area (Å²) in [6.07, 6.45) is 2.56. The fourth-order valence-electron chi connectivity index (χ4n) is 4.32. The van der Waals surface area contributed by atoms with Crippen LogP contribution < -0.4 is 19.5 Å². The fourth-order valence-corrected chi connectivity index (χ4v) is 4.32. The predicted molar refractivity (Wildman–Crippen MR) is 112 cm³/mol. The molecular weight excluding hydrogens is 382 g/mol. The number of carbonyl (C=O) groups excluding carboxylic acids is 2. The number of ether oxygens (including phenoxy) is 3. The zero-order valence-corrected chi connectivity index (χ0v) is 17.6. The average Bonchev–Trinajstić information content (AvgIpc) is 2.73. The number of para-hydroxylation sites is 1. The molecule has 2 aliphatic rings. The quantitative estimate of drug-likeness (QED) is 0.424. The lowest BCUT2D eigenvalue weighted by atomic mass is 9.72. The minimum Gasteiger partial charge on any atom is -0.494 e. The normalized spacial score (nSPS) is 24.3. The second-order valence-electron chi connectivity index (χ2n) is 8.08. The highest BCUT2D eigenvalue weighted by atomic mass is 16.5. The number of benzene rings is 2. The van der Waals surface area contributed by atoms with Crippen LogP contribution >= 0.6 is 0 Å². The van der Waals surface area contributed by atoms with Crippen molar-refractivity contribution in [3.63, 3.8) is 0 Å². The molecule has 2 bridgehead atoms. The summed E-state index contributed by atoms with van der Waals surface area (Å²) in [5.41, 5.74) is 0.467. The number of hydrogen-bond acceptors (Lipinski definition) is 5. The van der Waals surface area contributed by atoms with Crippen molar-refractivity contribution in [2.24, 2.45) is 5.92 Å². The van der Waals surface area contributed by atoms with Gasteiger partial charge in [-0.25, -0.2) is 0 Å². The summed E-state index contributed by atoms with van der Waals surface area (Å²) in [5.74, 6) is 0.304. The summed E-state index contributed by atoms with van der Waals surface area (Å²) in [6.45, 7) is 4.58. The SMILES string of the molecule is CCCCOc1ccc(C(=O)[C@@H]2C(=O)N[C@@]3(C)C[C@H]2c2cccc(OC)c2O3)cc1. The van der Waals surface area contributed by atoms with Crippen LogP contribution in [-0.4, -0.2) is 31.1 Å². The Morgan fingerprint density at radius 2 is 2.00 bits per heavy atom. The van der Waals surface area contributed by atoms with Gasteiger partial charge in [0.15, 0.2) is 23.0 Å². The summed E-state index contributed by atoms with van der Waals surface area (Å²) in [6, 6.07) is 12.6. The number of fused-ring (bicyclic) bond motifs is 4. The summed E-state index contributed by atoms with van der Waals surface area (Å²) in [7, 11) is 1.58. The molecule has 1 fully saturated rings. The third-order valence-electron chi connectivity index (χ3n) is 5.83. The second-order valence-corrected chi connectivity index (χ2v) is 8.08. The van der Waals surface area contributed by atoms with Crippen LogP contribution in [0.1, 0.15) is 54.9 Å². The van der Waals surface area contributed by atoms with Crippen LogP contribution in [0.5, 0.6) is 17.2 Å². The monoisotopic (exact) mass is 409 g/mol. The van der Waals surface area contributed by atoms with Crippen molar-refractivity contribution >= 4 is 11.7 Å². The molecule has 3 atom stereocenters. The zero-order valence-electron chi connectivity index (χ0n) is 17.6. The minimum absolute atomic E-state index is 0.199. The van der Waals surface area contributed by atoms with E-state index in [1.165, 1.54) is 0 Å². The molecule has 0 aromatic heterocycles. The molecule has 6 nitrogen and oxygen atoms in total. The molecule has 0 radical (unpaired) electrons. The number of carbonyl (C=O) groups is 2. The summed E-state index contributed by atoms with van der Waals surface area (Å²) in [4.78, 5) is 26.3. The van der Waals surface area contributed by atoms with Crippen LogP contribution in [0.3, 0.4) is 0 Å². The molecular formula is C24H27NO5. The molecule has 2 aromatic carbocycles. The number of rotatable bonds is 7. The van der Waals surface area contributed by atoms with E-state index in [2.05, 4.69) is 12.2 Å². The van der Waals surface area contributed by atoms with E-state index < -0.39 is 11.6 Å². The Kier molecular flexibility index (Phi) is 5.41. The van der Waals surface area contributed by atoms with Gasteiger partial charge in [-0.2, -0.15) is 0 Å². The van der Waals surface area contributed by atoms with Gasteiger partial charge in [0.1, 0.15) is 11.7 Å². The van der Waals surface area contributed by atoms with Crippen molar-refractivity contribution < 1.29 is 23.8 Å². The van der Waals surface area contributed by atoms with Gasteiger partial charge in [-0.15, -0.1) is 0 Å². The highest BCUT2D eigenvalue weighted by molar-refractivity contribution is 6.11. The average molecular weight is 409 g/mol. The van der Waals surface area contributed by atoms with Gasteiger partial charge >= 0.3 is 0 Å². The molecule has 30 heavy (non-hydrogen) atoms. The van der Waals surface area contributed by atoms with Crippen LogP contribution in [0.25, 0.3) is 0 Å². The maximum atomic E-state index is 13.4. The van der Waals surface area contributed by atoms with E-state index in [1.54, 1.807) is 31.4 Å². The number of unbranched alkanes of at least 4 members (excludes halogenated alkanes) is 1. The Morgan fingerprint density at radius 1 is 1.23 bits per heavy atom. The predicted octanol–water partition coefficient (Wildman–Crippen LogP) is 4.09. The molecule has 2 aliphatic heterocycles. The summed E-state index contributed by atoms with van der Waals surface area (Å²) in [5, 5.41) is 2.90. The van der Waals surface area contributed by atoms with E-state index in [0.717, 1.165) is 24.2 Å². The molecule has 2 aromatic rings. The van der Waals surface area contributed by atoms with E-state index in [4.69, 9.17) is 14.2 Å². The second kappa shape index (κ2) is 8.01. The molecule has 158 valence electrons. The Labute approximate surface area is 176 Å². The third-order valence-corrected chi connectivity index (χ3v) is 5.83. The fraction of sp³-hybridized carbons (Fsp3) is 0.417. The van der Waals surface area contributed by atoms with Crippen LogP contribution in [0.4, 0.5) is 0 Å². The molecule has 4 rings (SSSR count). The molecule has 0 saturated carbocycles.